The summed E-state index contributed by atoms with van der Waals surface area (Å²) < 4.78 is 0. The Bertz CT molecular complexity index is 118. The van der Waals surface area contributed by atoms with E-state index in [1.165, 1.54) is 12.0 Å². The second-order valence-corrected chi connectivity index (χ2v) is 2.96. The molecule has 0 bridgehead atoms. The van der Waals surface area contributed by atoms with Crippen molar-refractivity contribution in [3.05, 3.63) is 12.2 Å². The van der Waals surface area contributed by atoms with Crippen LogP contribution in [0.2, 0.25) is 0 Å². The Labute approximate surface area is 56.4 Å². The van der Waals surface area contributed by atoms with Crippen molar-refractivity contribution in [3.8, 4) is 0 Å². The molecule has 0 aromatic carbocycles. The van der Waals surface area contributed by atoms with E-state index in [0.717, 1.165) is 6.42 Å². The summed E-state index contributed by atoms with van der Waals surface area (Å²) in [5.41, 5.74) is 1.24. The molecule has 1 saturated carbocycles. The molecule has 0 unspecified atom stereocenters. The molecule has 9 heavy (non-hydrogen) atoms. The van der Waals surface area contributed by atoms with Gasteiger partial charge in [0.15, 0.2) is 0 Å². The molecule has 1 nitrogen and oxygen atoms in total. The van der Waals surface area contributed by atoms with Gasteiger partial charge in [-0.05, 0) is 18.8 Å². The van der Waals surface area contributed by atoms with Crippen LogP contribution in [0.4, 0.5) is 0 Å². The molecule has 1 heteroatoms. The first-order valence-electron chi connectivity index (χ1n) is 3.54. The zero-order valence-electron chi connectivity index (χ0n) is 5.93. The molecule has 0 heterocycles. The van der Waals surface area contributed by atoms with E-state index in [9.17, 15) is 0 Å². The van der Waals surface area contributed by atoms with Gasteiger partial charge in [0, 0.05) is 12.5 Å². The van der Waals surface area contributed by atoms with Crippen LogP contribution in [-0.4, -0.2) is 11.7 Å². The Morgan fingerprint density at radius 1 is 1.78 bits per heavy atom. The largest absolute Gasteiger partial charge is 0.396 e. The van der Waals surface area contributed by atoms with Crippen molar-refractivity contribution in [3.63, 3.8) is 0 Å². The van der Waals surface area contributed by atoms with Gasteiger partial charge in [0.1, 0.15) is 0 Å². The van der Waals surface area contributed by atoms with Crippen LogP contribution in [-0.2, 0) is 0 Å². The maximum absolute atomic E-state index is 8.85. The SMILES string of the molecule is C=C1CC[C@@H](C)[C@@H]1CO. The minimum absolute atomic E-state index is 0.292. The lowest BCUT2D eigenvalue weighted by atomic mass is 9.97. The molecule has 1 fully saturated rings. The molecule has 0 spiro atoms. The minimum Gasteiger partial charge on any atom is -0.396 e. The number of aliphatic hydroxyl groups excluding tert-OH is 1. The molecule has 2 atom stereocenters. The van der Waals surface area contributed by atoms with E-state index in [1.807, 2.05) is 0 Å². The zero-order chi connectivity index (χ0) is 6.85. The fraction of sp³-hybridized carbons (Fsp3) is 0.750. The average molecular weight is 126 g/mol. The molecule has 0 aromatic rings. The van der Waals surface area contributed by atoms with Gasteiger partial charge in [-0.25, -0.2) is 0 Å². The molecule has 1 rings (SSSR count). The fourth-order valence-corrected chi connectivity index (χ4v) is 1.51. The molecule has 0 saturated heterocycles. The number of rotatable bonds is 1. The van der Waals surface area contributed by atoms with Gasteiger partial charge in [0.25, 0.3) is 0 Å². The van der Waals surface area contributed by atoms with Crippen LogP contribution in [0.25, 0.3) is 0 Å². The summed E-state index contributed by atoms with van der Waals surface area (Å²) in [7, 11) is 0. The summed E-state index contributed by atoms with van der Waals surface area (Å²) >= 11 is 0. The summed E-state index contributed by atoms with van der Waals surface area (Å²) in [6.07, 6.45) is 2.33. The molecule has 1 N–H and O–H groups in total. The van der Waals surface area contributed by atoms with Gasteiger partial charge in [-0.1, -0.05) is 19.1 Å². The highest BCUT2D eigenvalue weighted by Gasteiger charge is 2.25. The summed E-state index contributed by atoms with van der Waals surface area (Å²) in [5.74, 6) is 1.05. The quantitative estimate of drug-likeness (QED) is 0.529. The van der Waals surface area contributed by atoms with Crippen molar-refractivity contribution in [2.75, 3.05) is 6.61 Å². The Morgan fingerprint density at radius 2 is 2.44 bits per heavy atom. The summed E-state index contributed by atoms with van der Waals surface area (Å²) in [6, 6.07) is 0. The summed E-state index contributed by atoms with van der Waals surface area (Å²) in [6.45, 7) is 6.37. The second-order valence-electron chi connectivity index (χ2n) is 2.96. The molecule has 1 aliphatic rings. The first-order valence-corrected chi connectivity index (χ1v) is 3.54. The van der Waals surface area contributed by atoms with Gasteiger partial charge < -0.3 is 5.11 Å². The highest BCUT2D eigenvalue weighted by atomic mass is 16.3. The highest BCUT2D eigenvalue weighted by molar-refractivity contribution is 5.07. The van der Waals surface area contributed by atoms with E-state index in [1.54, 1.807) is 0 Å². The third-order valence-electron chi connectivity index (χ3n) is 2.33. The van der Waals surface area contributed by atoms with Gasteiger partial charge in [0.05, 0.1) is 0 Å². The zero-order valence-corrected chi connectivity index (χ0v) is 5.93. The molecule has 0 amide bonds. The smallest absolute Gasteiger partial charge is 0.0498 e. The number of aliphatic hydroxyl groups is 1. The van der Waals surface area contributed by atoms with Crippen LogP contribution >= 0.6 is 0 Å². The minimum atomic E-state index is 0.292. The highest BCUT2D eigenvalue weighted by Crippen LogP contribution is 2.34. The van der Waals surface area contributed by atoms with Crippen molar-refractivity contribution in [1.82, 2.24) is 0 Å². The molecular formula is C8H14O. The Morgan fingerprint density at radius 3 is 2.67 bits per heavy atom. The van der Waals surface area contributed by atoms with Crippen molar-refractivity contribution in [2.24, 2.45) is 11.8 Å². The van der Waals surface area contributed by atoms with Crippen LogP contribution < -0.4 is 0 Å². The Kier molecular flexibility index (Phi) is 1.91. The molecule has 52 valence electrons. The normalized spacial score (nSPS) is 35.6. The summed E-state index contributed by atoms with van der Waals surface area (Å²) in [5, 5.41) is 8.85. The van der Waals surface area contributed by atoms with E-state index in [0.29, 0.717) is 18.4 Å². The average Bonchev–Trinajstić information content (AvgIpc) is 2.12. The monoisotopic (exact) mass is 126 g/mol. The topological polar surface area (TPSA) is 20.2 Å². The summed E-state index contributed by atoms with van der Waals surface area (Å²) in [4.78, 5) is 0. The molecule has 1 aliphatic carbocycles. The lowest BCUT2D eigenvalue weighted by Crippen LogP contribution is -2.09. The third kappa shape index (κ3) is 1.16. The number of hydrogen-bond donors (Lipinski definition) is 1. The van der Waals surface area contributed by atoms with Gasteiger partial charge in [-0.2, -0.15) is 0 Å². The molecular weight excluding hydrogens is 112 g/mol. The van der Waals surface area contributed by atoms with Gasteiger partial charge >= 0.3 is 0 Å². The Balaban J connectivity index is 2.55. The van der Waals surface area contributed by atoms with E-state index >= 15 is 0 Å². The van der Waals surface area contributed by atoms with E-state index in [4.69, 9.17) is 5.11 Å². The standard InChI is InChI=1S/C8H14O/c1-6-3-4-7(2)8(6)5-9/h7-9H,1,3-5H2,2H3/t7-,8-/m1/s1. The van der Waals surface area contributed by atoms with Crippen LogP contribution in [0.15, 0.2) is 12.2 Å². The maximum Gasteiger partial charge on any atom is 0.0498 e. The lowest BCUT2D eigenvalue weighted by molar-refractivity contribution is 0.222. The lowest BCUT2D eigenvalue weighted by Gasteiger charge is -2.11. The van der Waals surface area contributed by atoms with Gasteiger partial charge in [-0.3, -0.25) is 0 Å². The predicted molar refractivity (Wildman–Crippen MR) is 38.1 cm³/mol. The maximum atomic E-state index is 8.85. The van der Waals surface area contributed by atoms with Crippen molar-refractivity contribution < 1.29 is 5.11 Å². The van der Waals surface area contributed by atoms with Gasteiger partial charge in [-0.15, -0.1) is 0 Å². The van der Waals surface area contributed by atoms with Crippen molar-refractivity contribution in [2.45, 2.75) is 19.8 Å². The van der Waals surface area contributed by atoms with Crippen LogP contribution in [0, 0.1) is 11.8 Å². The fourth-order valence-electron chi connectivity index (χ4n) is 1.51. The number of hydrogen-bond acceptors (Lipinski definition) is 1. The molecule has 0 aromatic heterocycles. The van der Waals surface area contributed by atoms with Crippen molar-refractivity contribution >= 4 is 0 Å². The van der Waals surface area contributed by atoms with Crippen LogP contribution in [0.5, 0.6) is 0 Å². The first-order chi connectivity index (χ1) is 4.25. The van der Waals surface area contributed by atoms with E-state index < -0.39 is 0 Å². The third-order valence-corrected chi connectivity index (χ3v) is 2.33. The predicted octanol–water partition coefficient (Wildman–Crippen LogP) is 1.58. The second kappa shape index (κ2) is 2.53. The van der Waals surface area contributed by atoms with E-state index in [2.05, 4.69) is 13.5 Å². The van der Waals surface area contributed by atoms with Crippen LogP contribution in [0.1, 0.15) is 19.8 Å². The van der Waals surface area contributed by atoms with Crippen molar-refractivity contribution in [1.29, 1.82) is 0 Å². The van der Waals surface area contributed by atoms with Crippen LogP contribution in [0.3, 0.4) is 0 Å². The molecule has 0 aliphatic heterocycles. The Hall–Kier alpha value is -0.300. The molecule has 0 radical (unpaired) electrons. The first kappa shape index (κ1) is 6.81. The van der Waals surface area contributed by atoms with Gasteiger partial charge in [0.2, 0.25) is 0 Å². The van der Waals surface area contributed by atoms with E-state index in [-0.39, 0.29) is 0 Å².